The van der Waals surface area contributed by atoms with Gasteiger partial charge in [0, 0.05) is 38.8 Å². The van der Waals surface area contributed by atoms with Crippen LogP contribution in [0.2, 0.25) is 0 Å². The van der Waals surface area contributed by atoms with Crippen molar-refractivity contribution in [1.82, 2.24) is 25.1 Å². The van der Waals surface area contributed by atoms with E-state index in [1.165, 1.54) is 5.57 Å². The molecule has 1 aromatic carbocycles. The molecule has 3 rings (SSSR count). The summed E-state index contributed by atoms with van der Waals surface area (Å²) < 4.78 is 1.78. The topological polar surface area (TPSA) is 70.3 Å². The molecule has 7 nitrogen and oxygen atoms in total. The molecule has 0 aliphatic carbocycles. The fraction of sp³-hybridized carbons (Fsp3) is 0.500. The molecule has 0 spiro atoms. The van der Waals surface area contributed by atoms with Crippen molar-refractivity contribution in [2.24, 2.45) is 0 Å². The summed E-state index contributed by atoms with van der Waals surface area (Å²) in [7, 11) is 0. The maximum absolute atomic E-state index is 9.46. The van der Waals surface area contributed by atoms with Crippen LogP contribution in [-0.2, 0) is 0 Å². The van der Waals surface area contributed by atoms with Crippen molar-refractivity contribution in [2.45, 2.75) is 26.3 Å². The van der Waals surface area contributed by atoms with Gasteiger partial charge in [0.15, 0.2) is 0 Å². The summed E-state index contributed by atoms with van der Waals surface area (Å²) in [6, 6.07) is 10.2. The molecule has 1 aromatic heterocycles. The van der Waals surface area contributed by atoms with Gasteiger partial charge in [-0.2, -0.15) is 4.68 Å². The molecule has 2 heterocycles. The van der Waals surface area contributed by atoms with Gasteiger partial charge in [0.2, 0.25) is 5.95 Å². The SMILES string of the molecule is CC(C)=CCN1CCN(c2nnnn2-c2ccccc2)CC1CCO. The molecule has 0 saturated carbocycles. The Balaban J connectivity index is 1.77. The lowest BCUT2D eigenvalue weighted by atomic mass is 10.1. The van der Waals surface area contributed by atoms with Gasteiger partial charge in [0.25, 0.3) is 0 Å². The maximum atomic E-state index is 9.46. The highest BCUT2D eigenvalue weighted by Gasteiger charge is 2.29. The van der Waals surface area contributed by atoms with Gasteiger partial charge in [-0.05, 0) is 42.8 Å². The Morgan fingerprint density at radius 2 is 2.04 bits per heavy atom. The first kappa shape index (κ1) is 17.6. The third kappa shape index (κ3) is 4.24. The van der Waals surface area contributed by atoms with Crippen molar-refractivity contribution in [3.63, 3.8) is 0 Å². The molecule has 25 heavy (non-hydrogen) atoms. The van der Waals surface area contributed by atoms with Gasteiger partial charge in [0.1, 0.15) is 0 Å². The van der Waals surface area contributed by atoms with Crippen molar-refractivity contribution >= 4 is 5.95 Å². The number of anilines is 1. The minimum absolute atomic E-state index is 0.188. The van der Waals surface area contributed by atoms with Crippen LogP contribution in [0.1, 0.15) is 20.3 Å². The van der Waals surface area contributed by atoms with Crippen LogP contribution < -0.4 is 4.90 Å². The van der Waals surface area contributed by atoms with Crippen LogP contribution in [-0.4, -0.2) is 69.0 Å². The number of aliphatic hydroxyl groups excluding tert-OH is 1. The van der Waals surface area contributed by atoms with E-state index in [4.69, 9.17) is 0 Å². The Kier molecular flexibility index (Phi) is 5.78. The predicted octanol–water partition coefficient (Wildman–Crippen LogP) is 1.50. The molecule has 0 radical (unpaired) electrons. The fourth-order valence-electron chi connectivity index (χ4n) is 3.15. The van der Waals surface area contributed by atoms with E-state index in [1.54, 1.807) is 4.68 Å². The minimum Gasteiger partial charge on any atom is -0.396 e. The highest BCUT2D eigenvalue weighted by atomic mass is 16.3. The first-order valence-corrected chi connectivity index (χ1v) is 8.76. The molecule has 1 N–H and O–H groups in total. The quantitative estimate of drug-likeness (QED) is 0.803. The number of aliphatic hydroxyl groups is 1. The first-order chi connectivity index (χ1) is 12.2. The van der Waals surface area contributed by atoms with Crippen molar-refractivity contribution in [3.05, 3.63) is 42.0 Å². The van der Waals surface area contributed by atoms with Crippen LogP contribution in [0.4, 0.5) is 5.95 Å². The van der Waals surface area contributed by atoms with E-state index < -0.39 is 0 Å². The van der Waals surface area contributed by atoms with Gasteiger partial charge in [-0.3, -0.25) is 4.90 Å². The van der Waals surface area contributed by atoms with Gasteiger partial charge in [0.05, 0.1) is 5.69 Å². The van der Waals surface area contributed by atoms with Crippen LogP contribution in [0.15, 0.2) is 42.0 Å². The number of aromatic nitrogens is 4. The molecule has 7 heteroatoms. The smallest absolute Gasteiger partial charge is 0.250 e. The zero-order chi connectivity index (χ0) is 17.6. The average Bonchev–Trinajstić information content (AvgIpc) is 3.11. The van der Waals surface area contributed by atoms with Gasteiger partial charge in [-0.25, -0.2) is 0 Å². The van der Waals surface area contributed by atoms with Crippen LogP contribution in [0.25, 0.3) is 5.69 Å². The number of hydrogen-bond donors (Lipinski definition) is 1. The van der Waals surface area contributed by atoms with Crippen molar-refractivity contribution < 1.29 is 5.11 Å². The number of tetrazole rings is 1. The van der Waals surface area contributed by atoms with Crippen molar-refractivity contribution in [2.75, 3.05) is 37.7 Å². The Labute approximate surface area is 148 Å². The van der Waals surface area contributed by atoms with E-state index in [-0.39, 0.29) is 12.6 Å². The Morgan fingerprint density at radius 3 is 2.76 bits per heavy atom. The zero-order valence-corrected chi connectivity index (χ0v) is 14.9. The van der Waals surface area contributed by atoms with E-state index in [2.05, 4.69) is 45.2 Å². The monoisotopic (exact) mass is 342 g/mol. The molecular weight excluding hydrogens is 316 g/mol. The van der Waals surface area contributed by atoms with Crippen LogP contribution >= 0.6 is 0 Å². The molecule has 0 bridgehead atoms. The summed E-state index contributed by atoms with van der Waals surface area (Å²) in [6.45, 7) is 7.95. The number of hydrogen-bond acceptors (Lipinski definition) is 6. The molecule has 2 aromatic rings. The van der Waals surface area contributed by atoms with E-state index in [1.807, 2.05) is 30.3 Å². The Morgan fingerprint density at radius 1 is 1.24 bits per heavy atom. The van der Waals surface area contributed by atoms with Gasteiger partial charge in [-0.1, -0.05) is 34.9 Å². The second kappa shape index (κ2) is 8.22. The van der Waals surface area contributed by atoms with Crippen molar-refractivity contribution in [3.8, 4) is 5.69 Å². The normalized spacial score (nSPS) is 18.4. The molecule has 1 atom stereocenters. The van der Waals surface area contributed by atoms with Crippen LogP contribution in [0, 0.1) is 0 Å². The van der Waals surface area contributed by atoms with E-state index in [0.717, 1.165) is 44.2 Å². The predicted molar refractivity (Wildman–Crippen MR) is 97.9 cm³/mol. The number of rotatable bonds is 6. The molecule has 1 aliphatic heterocycles. The highest BCUT2D eigenvalue weighted by molar-refractivity contribution is 5.41. The summed E-state index contributed by atoms with van der Waals surface area (Å²) in [4.78, 5) is 4.64. The van der Waals surface area contributed by atoms with Gasteiger partial charge < -0.3 is 10.0 Å². The Hall–Kier alpha value is -2.25. The molecule has 1 saturated heterocycles. The standard InChI is InChI=1S/C18H26N6O/c1-15(2)8-10-22-11-12-23(14-17(22)9-13-25)18-19-20-21-24(18)16-6-4-3-5-7-16/h3-8,17,25H,9-14H2,1-2H3. The fourth-order valence-corrected chi connectivity index (χ4v) is 3.15. The van der Waals surface area contributed by atoms with Crippen molar-refractivity contribution in [1.29, 1.82) is 0 Å². The lowest BCUT2D eigenvalue weighted by Crippen LogP contribution is -2.54. The highest BCUT2D eigenvalue weighted by Crippen LogP contribution is 2.20. The zero-order valence-electron chi connectivity index (χ0n) is 14.9. The number of allylic oxidation sites excluding steroid dienone is 1. The Bertz CT molecular complexity index is 695. The molecule has 1 fully saturated rings. The molecule has 0 amide bonds. The molecule has 1 aliphatic rings. The van der Waals surface area contributed by atoms with Gasteiger partial charge in [-0.15, -0.1) is 0 Å². The summed E-state index contributed by atoms with van der Waals surface area (Å²) in [5, 5.41) is 21.7. The van der Waals surface area contributed by atoms with E-state index >= 15 is 0 Å². The van der Waals surface area contributed by atoms with E-state index in [9.17, 15) is 5.11 Å². The summed E-state index contributed by atoms with van der Waals surface area (Å²) >= 11 is 0. The first-order valence-electron chi connectivity index (χ1n) is 8.76. The molecule has 1 unspecified atom stereocenters. The van der Waals surface area contributed by atoms with Crippen LogP contribution in [0.3, 0.4) is 0 Å². The second-order valence-electron chi connectivity index (χ2n) is 6.61. The average molecular weight is 342 g/mol. The largest absolute Gasteiger partial charge is 0.396 e. The lowest BCUT2D eigenvalue weighted by Gasteiger charge is -2.41. The summed E-state index contributed by atoms with van der Waals surface area (Å²) in [5.74, 6) is 0.760. The number of para-hydroxylation sites is 1. The molecular formula is C18H26N6O. The lowest BCUT2D eigenvalue weighted by molar-refractivity contribution is 0.154. The van der Waals surface area contributed by atoms with Gasteiger partial charge >= 0.3 is 0 Å². The number of piperazine rings is 1. The molecule has 134 valence electrons. The third-order valence-electron chi connectivity index (χ3n) is 4.54. The number of benzene rings is 1. The van der Waals surface area contributed by atoms with Crippen LogP contribution in [0.5, 0.6) is 0 Å². The number of nitrogens with zero attached hydrogens (tertiary/aromatic N) is 6. The summed E-state index contributed by atoms with van der Waals surface area (Å²) in [6.07, 6.45) is 2.99. The van der Waals surface area contributed by atoms with E-state index in [0.29, 0.717) is 0 Å². The summed E-state index contributed by atoms with van der Waals surface area (Å²) in [5.41, 5.74) is 2.27. The second-order valence-corrected chi connectivity index (χ2v) is 6.61. The minimum atomic E-state index is 0.188. The maximum Gasteiger partial charge on any atom is 0.250 e. The third-order valence-corrected chi connectivity index (χ3v) is 4.54.